The molecule has 5 aromatic rings. The highest BCUT2D eigenvalue weighted by molar-refractivity contribution is 7.92. The summed E-state index contributed by atoms with van der Waals surface area (Å²) in [7, 11) is -7.69. The van der Waals surface area contributed by atoms with Crippen molar-refractivity contribution in [2.75, 3.05) is 23.9 Å². The summed E-state index contributed by atoms with van der Waals surface area (Å²) in [5.74, 6) is -10.0. The Labute approximate surface area is 386 Å². The number of carbonyl (C=O) groups excluding carboxylic acids is 2. The Balaban J connectivity index is 1.63. The van der Waals surface area contributed by atoms with E-state index in [1.54, 1.807) is 0 Å². The van der Waals surface area contributed by atoms with Crippen molar-refractivity contribution >= 4 is 60.2 Å². The highest BCUT2D eigenvalue weighted by Gasteiger charge is 2.54. The van der Waals surface area contributed by atoms with Crippen LogP contribution >= 0.6 is 11.6 Å². The fourth-order valence-corrected chi connectivity index (χ4v) is 9.26. The van der Waals surface area contributed by atoms with Crippen LogP contribution in [0.5, 0.6) is 0 Å². The number of pyridine rings is 1. The first kappa shape index (κ1) is 51.9. The van der Waals surface area contributed by atoms with Gasteiger partial charge < -0.3 is 10.1 Å². The minimum Gasteiger partial charge on any atom is -0.452 e. The number of fused-ring (bicyclic) bond motifs is 2. The van der Waals surface area contributed by atoms with Crippen LogP contribution in [-0.2, 0) is 73.8 Å². The Bertz CT molecular complexity index is 3030. The fourth-order valence-electron chi connectivity index (χ4n) is 7.76. The number of halogens is 11. The standard InChI is InChI=1S/C41H40ClF10N7O7S2/c1-20-13-27-34(41(50,51)52)55-57(35(27)40(20,48)49)18-30(60)54-29(16-21-14-22(43)17-23(44)15-21)32-25(8-7-24(53-32)11-12-38(2,3)67(5,62)63)26-9-10-28(42)31-33(26)58(19-39(45,46)47)56-36(31)59(37(61)66-4)68(6,64)65/h7-10,14-15,17,20,29H,11-13,16,18-19H2,1-6H3,(H,54,60)/t20-,29+/m1/s1. The van der Waals surface area contributed by atoms with Crippen molar-refractivity contribution < 1.29 is 75.1 Å². The summed E-state index contributed by atoms with van der Waals surface area (Å²) in [6.07, 6.45) is -12.1. The number of methoxy groups -OCH3 is 1. The summed E-state index contributed by atoms with van der Waals surface area (Å²) in [6, 6.07) is 5.21. The maximum Gasteiger partial charge on any atom is 0.435 e. The molecule has 2 aromatic carbocycles. The van der Waals surface area contributed by atoms with Gasteiger partial charge in [0.15, 0.2) is 21.3 Å². The number of nitrogens with zero attached hydrogens (tertiary/aromatic N) is 6. The Morgan fingerprint density at radius 1 is 0.956 bits per heavy atom. The molecule has 0 aliphatic heterocycles. The maximum atomic E-state index is 15.5. The van der Waals surface area contributed by atoms with Gasteiger partial charge in [-0.2, -0.15) is 49.6 Å². The third-order valence-electron chi connectivity index (χ3n) is 11.4. The number of hydrogen-bond acceptors (Lipinski definition) is 10. The molecule has 0 fully saturated rings. The lowest BCUT2D eigenvalue weighted by atomic mass is 9.93. The van der Waals surface area contributed by atoms with E-state index in [0.717, 1.165) is 44.6 Å². The van der Waals surface area contributed by atoms with Crippen molar-refractivity contribution in [2.24, 2.45) is 5.92 Å². The van der Waals surface area contributed by atoms with E-state index in [1.165, 1.54) is 26.0 Å². The summed E-state index contributed by atoms with van der Waals surface area (Å²) in [6.45, 7) is 0.585. The van der Waals surface area contributed by atoms with Crippen molar-refractivity contribution in [2.45, 2.75) is 88.6 Å². The SMILES string of the molecule is COC(=O)N(c1nn(CC(F)(F)F)c2c(-c3ccc(CCC(C)(C)S(C)(=O)=O)nc3[C@H](Cc3cc(F)cc(F)c3)NC(=O)Cn3nc(C(F)(F)F)c4c3C(F)(F)[C@H](C)C4)ccc(Cl)c12)S(C)(=O)=O. The summed E-state index contributed by atoms with van der Waals surface area (Å²) < 4.78 is 201. The predicted molar refractivity (Wildman–Crippen MR) is 226 cm³/mol. The van der Waals surface area contributed by atoms with Gasteiger partial charge in [-0.25, -0.2) is 30.4 Å². The second-order valence-corrected chi connectivity index (χ2v) is 21.7. The molecule has 6 rings (SSSR count). The lowest BCUT2D eigenvalue weighted by Gasteiger charge is -2.25. The molecular weight excluding hydrogens is 992 g/mol. The van der Waals surface area contributed by atoms with Crippen LogP contribution in [0.2, 0.25) is 5.02 Å². The first-order valence-corrected chi connectivity index (χ1v) is 24.1. The normalized spacial score (nSPS) is 15.9. The zero-order valence-electron chi connectivity index (χ0n) is 36.5. The zero-order chi connectivity index (χ0) is 50.9. The number of carbonyl (C=O) groups is 2. The van der Waals surface area contributed by atoms with Crippen LogP contribution < -0.4 is 9.62 Å². The molecular formula is C41H40ClF10N7O7S2. The van der Waals surface area contributed by atoms with Crippen LogP contribution in [0, 0.1) is 17.6 Å². The largest absolute Gasteiger partial charge is 0.452 e. The lowest BCUT2D eigenvalue weighted by molar-refractivity contribution is -0.143. The van der Waals surface area contributed by atoms with Crippen LogP contribution in [0.15, 0.2) is 42.5 Å². The molecule has 2 atom stereocenters. The van der Waals surface area contributed by atoms with Gasteiger partial charge in [0.05, 0.1) is 45.8 Å². The van der Waals surface area contributed by atoms with Gasteiger partial charge in [0.1, 0.15) is 30.4 Å². The van der Waals surface area contributed by atoms with E-state index in [9.17, 15) is 61.5 Å². The molecule has 0 radical (unpaired) electrons. The van der Waals surface area contributed by atoms with Crippen molar-refractivity contribution in [3.63, 3.8) is 0 Å². The van der Waals surface area contributed by atoms with Crippen LogP contribution in [0.25, 0.3) is 22.0 Å². The third kappa shape index (κ3) is 10.5. The average Bonchev–Trinajstić information content (AvgIpc) is 3.80. The molecule has 1 aliphatic carbocycles. The average molecular weight is 1030 g/mol. The molecule has 1 aliphatic rings. The van der Waals surface area contributed by atoms with Crippen molar-refractivity contribution in [3.8, 4) is 11.1 Å². The Morgan fingerprint density at radius 3 is 2.13 bits per heavy atom. The number of sulfone groups is 1. The molecule has 2 amide bonds. The van der Waals surface area contributed by atoms with Crippen molar-refractivity contribution in [1.82, 2.24) is 29.9 Å². The fraction of sp³-hybridized carbons (Fsp3) is 0.439. The van der Waals surface area contributed by atoms with Gasteiger partial charge in [-0.1, -0.05) is 30.7 Å². The van der Waals surface area contributed by atoms with Crippen LogP contribution in [-0.4, -0.2) is 83.9 Å². The molecule has 370 valence electrons. The highest BCUT2D eigenvalue weighted by Crippen LogP contribution is 2.50. The second-order valence-electron chi connectivity index (χ2n) is 16.8. The van der Waals surface area contributed by atoms with Crippen molar-refractivity contribution in [1.29, 1.82) is 0 Å². The Morgan fingerprint density at radius 2 is 1.57 bits per heavy atom. The van der Waals surface area contributed by atoms with E-state index in [-0.39, 0.29) is 54.6 Å². The maximum absolute atomic E-state index is 15.5. The minimum atomic E-state index is -5.22. The second kappa shape index (κ2) is 18.1. The Hall–Kier alpha value is -5.50. The van der Waals surface area contributed by atoms with Crippen LogP contribution in [0.4, 0.5) is 54.5 Å². The van der Waals surface area contributed by atoms with Gasteiger partial charge in [-0.15, -0.1) is 0 Å². The van der Waals surface area contributed by atoms with Crippen LogP contribution in [0.1, 0.15) is 67.1 Å². The minimum absolute atomic E-state index is 0.0499. The molecule has 3 aromatic heterocycles. The number of aromatic nitrogens is 5. The van der Waals surface area contributed by atoms with E-state index >= 15 is 8.78 Å². The molecule has 0 unspecified atom stereocenters. The van der Waals surface area contributed by atoms with Gasteiger partial charge in [0.25, 0.3) is 5.92 Å². The molecule has 68 heavy (non-hydrogen) atoms. The summed E-state index contributed by atoms with van der Waals surface area (Å²) in [5, 5.41) is 8.63. The van der Waals surface area contributed by atoms with E-state index in [0.29, 0.717) is 12.3 Å². The lowest BCUT2D eigenvalue weighted by Crippen LogP contribution is -2.36. The molecule has 0 bridgehead atoms. The van der Waals surface area contributed by atoms with Crippen LogP contribution in [0.3, 0.4) is 0 Å². The van der Waals surface area contributed by atoms with Crippen molar-refractivity contribution in [3.05, 3.63) is 93.0 Å². The number of rotatable bonds is 14. The van der Waals surface area contributed by atoms with E-state index in [1.807, 2.05) is 0 Å². The van der Waals surface area contributed by atoms with Gasteiger partial charge >= 0.3 is 18.4 Å². The van der Waals surface area contributed by atoms with Gasteiger partial charge in [-0.05, 0) is 69.4 Å². The topological polar surface area (TPSA) is 175 Å². The zero-order valence-corrected chi connectivity index (χ0v) is 38.8. The van der Waals surface area contributed by atoms with Gasteiger partial charge in [-0.3, -0.25) is 19.1 Å². The molecule has 3 heterocycles. The highest BCUT2D eigenvalue weighted by atomic mass is 35.5. The monoisotopic (exact) mass is 1030 g/mol. The molecule has 0 spiro atoms. The molecule has 0 saturated heterocycles. The molecule has 27 heteroatoms. The number of alkyl halides is 8. The smallest absolute Gasteiger partial charge is 0.435 e. The number of hydrogen-bond donors (Lipinski definition) is 1. The van der Waals surface area contributed by atoms with E-state index < -0.39 is 143 Å². The summed E-state index contributed by atoms with van der Waals surface area (Å²) in [4.78, 5) is 31.7. The third-order valence-corrected chi connectivity index (χ3v) is 14.9. The number of anilines is 1. The number of ether oxygens (including phenoxy) is 1. The number of amides is 2. The first-order valence-electron chi connectivity index (χ1n) is 20.0. The van der Waals surface area contributed by atoms with Gasteiger partial charge in [0, 0.05) is 40.6 Å². The molecule has 14 nitrogen and oxygen atoms in total. The van der Waals surface area contributed by atoms with E-state index in [4.69, 9.17) is 11.6 Å². The quantitative estimate of drug-likeness (QED) is 0.106. The molecule has 1 N–H and O–H groups in total. The predicted octanol–water partition coefficient (Wildman–Crippen LogP) is 8.48. The van der Waals surface area contributed by atoms with E-state index in [2.05, 4.69) is 25.2 Å². The Kier molecular flexibility index (Phi) is 13.8. The number of nitrogens with one attached hydrogen (secondary N) is 1. The summed E-state index contributed by atoms with van der Waals surface area (Å²) in [5.41, 5.74) is -5.35. The number of sulfonamides is 1. The number of aryl methyl sites for hydroxylation is 1. The van der Waals surface area contributed by atoms with Gasteiger partial charge in [0.2, 0.25) is 15.9 Å². The number of benzene rings is 2. The summed E-state index contributed by atoms with van der Waals surface area (Å²) >= 11 is 6.55. The molecule has 0 saturated carbocycles. The first-order chi connectivity index (χ1) is 31.1.